The maximum absolute atomic E-state index is 12.0. The first-order valence-electron chi connectivity index (χ1n) is 10.5. The first-order chi connectivity index (χ1) is 16.0. The molecule has 0 bridgehead atoms. The fourth-order valence-electron chi connectivity index (χ4n) is 4.12. The fourth-order valence-corrected chi connectivity index (χ4v) is 5.36. The molecule has 0 amide bonds. The Morgan fingerprint density at radius 2 is 1.94 bits per heavy atom. The molecule has 1 aliphatic rings. The van der Waals surface area contributed by atoms with Crippen LogP contribution >= 0.6 is 22.9 Å². The average Bonchev–Trinajstić information content (AvgIpc) is 3.27. The van der Waals surface area contributed by atoms with Gasteiger partial charge in [0.2, 0.25) is 0 Å². The van der Waals surface area contributed by atoms with Crippen molar-refractivity contribution in [1.29, 1.82) is 0 Å². The monoisotopic (exact) mass is 481 g/mol. The van der Waals surface area contributed by atoms with E-state index < -0.39 is 4.92 Å². The van der Waals surface area contributed by atoms with Gasteiger partial charge in [-0.3, -0.25) is 19.8 Å². The number of piperazine rings is 1. The molecule has 0 saturated carbocycles. The summed E-state index contributed by atoms with van der Waals surface area (Å²) in [5, 5.41) is 12.6. The van der Waals surface area contributed by atoms with Gasteiger partial charge in [-0.15, -0.1) is 11.3 Å². The number of nitro groups is 1. The standard InChI is InChI=1S/C23H20ClN5O3S/c24-16-3-1-2-15(10-16)22-5-4-17(33-22)13-27-6-8-28(9-7-27)20-12-19-18(11-21(20)29(31)32)23(30)26-14-25-19/h1-5,10-12,14H,6-9,13H2,(H,25,26,30). The first kappa shape index (κ1) is 21.6. The summed E-state index contributed by atoms with van der Waals surface area (Å²) >= 11 is 7.87. The molecule has 2 aromatic heterocycles. The lowest BCUT2D eigenvalue weighted by Gasteiger charge is -2.35. The second-order valence-corrected chi connectivity index (χ2v) is 9.49. The number of nitrogens with one attached hydrogen (secondary N) is 1. The summed E-state index contributed by atoms with van der Waals surface area (Å²) < 4.78 is 0. The van der Waals surface area contributed by atoms with Gasteiger partial charge in [0.1, 0.15) is 5.69 Å². The number of hydrogen-bond acceptors (Lipinski definition) is 7. The van der Waals surface area contributed by atoms with E-state index in [9.17, 15) is 14.9 Å². The average molecular weight is 482 g/mol. The number of nitrogens with zero attached hydrogens (tertiary/aromatic N) is 4. The molecule has 0 unspecified atom stereocenters. The molecule has 3 heterocycles. The van der Waals surface area contributed by atoms with E-state index in [1.54, 1.807) is 17.4 Å². The Labute approximate surface area is 198 Å². The Kier molecular flexibility index (Phi) is 5.84. The molecule has 0 atom stereocenters. The van der Waals surface area contributed by atoms with Crippen LogP contribution in [0.4, 0.5) is 11.4 Å². The zero-order valence-corrected chi connectivity index (χ0v) is 19.1. The number of anilines is 1. The second kappa shape index (κ2) is 8.93. The predicted octanol–water partition coefficient (Wildman–Crippen LogP) is 4.54. The zero-order valence-electron chi connectivity index (χ0n) is 17.5. The summed E-state index contributed by atoms with van der Waals surface area (Å²) in [7, 11) is 0. The topological polar surface area (TPSA) is 95.4 Å². The zero-order chi connectivity index (χ0) is 22.9. The van der Waals surface area contributed by atoms with Gasteiger partial charge >= 0.3 is 0 Å². The van der Waals surface area contributed by atoms with E-state index in [1.807, 2.05) is 23.1 Å². The van der Waals surface area contributed by atoms with E-state index in [4.69, 9.17) is 11.6 Å². The van der Waals surface area contributed by atoms with Crippen LogP contribution in [0.25, 0.3) is 21.3 Å². The minimum absolute atomic E-state index is 0.0705. The second-order valence-electron chi connectivity index (χ2n) is 7.89. The predicted molar refractivity (Wildman–Crippen MR) is 131 cm³/mol. The number of rotatable bonds is 5. The molecule has 10 heteroatoms. The molecule has 5 rings (SSSR count). The highest BCUT2D eigenvalue weighted by molar-refractivity contribution is 7.15. The van der Waals surface area contributed by atoms with Crippen molar-refractivity contribution in [3.63, 3.8) is 0 Å². The maximum atomic E-state index is 12.0. The normalized spacial score (nSPS) is 14.6. The summed E-state index contributed by atoms with van der Waals surface area (Å²) in [6.07, 6.45) is 1.32. The summed E-state index contributed by atoms with van der Waals surface area (Å²) in [5.74, 6) is 0. The van der Waals surface area contributed by atoms with Gasteiger partial charge in [0, 0.05) is 53.6 Å². The lowest BCUT2D eigenvalue weighted by molar-refractivity contribution is -0.384. The quantitative estimate of drug-likeness (QED) is 0.332. The number of H-pyrrole nitrogens is 1. The first-order valence-corrected chi connectivity index (χ1v) is 11.7. The third-order valence-electron chi connectivity index (χ3n) is 5.80. The fraction of sp³-hybridized carbons (Fsp3) is 0.217. The van der Waals surface area contributed by atoms with Crippen LogP contribution in [0.5, 0.6) is 0 Å². The molecule has 1 N–H and O–H groups in total. The van der Waals surface area contributed by atoms with Gasteiger partial charge in [-0.2, -0.15) is 0 Å². The van der Waals surface area contributed by atoms with Crippen LogP contribution in [0.2, 0.25) is 5.02 Å². The summed E-state index contributed by atoms with van der Waals surface area (Å²) in [4.78, 5) is 36.7. The van der Waals surface area contributed by atoms with Crippen molar-refractivity contribution < 1.29 is 4.92 Å². The van der Waals surface area contributed by atoms with Crippen molar-refractivity contribution in [3.05, 3.63) is 85.2 Å². The number of hydrogen-bond donors (Lipinski definition) is 1. The Hall–Kier alpha value is -3.27. The van der Waals surface area contributed by atoms with Crippen molar-refractivity contribution >= 4 is 45.2 Å². The van der Waals surface area contributed by atoms with E-state index >= 15 is 0 Å². The van der Waals surface area contributed by atoms with Gasteiger partial charge in [-0.05, 0) is 35.9 Å². The van der Waals surface area contributed by atoms with Crippen LogP contribution in [0.3, 0.4) is 0 Å². The van der Waals surface area contributed by atoms with E-state index in [0.717, 1.165) is 30.2 Å². The van der Waals surface area contributed by atoms with Crippen LogP contribution in [0.1, 0.15) is 4.88 Å². The largest absolute Gasteiger partial charge is 0.363 e. The molecule has 0 aliphatic carbocycles. The van der Waals surface area contributed by atoms with Gasteiger partial charge in [0.25, 0.3) is 11.2 Å². The van der Waals surface area contributed by atoms with Crippen molar-refractivity contribution in [3.8, 4) is 10.4 Å². The SMILES string of the molecule is O=c1[nH]cnc2cc(N3CCN(Cc4ccc(-c5cccc(Cl)c5)s4)CC3)c([N+](=O)[O-])cc12. The number of fused-ring (bicyclic) bond motifs is 1. The minimum Gasteiger partial charge on any atom is -0.363 e. The highest BCUT2D eigenvalue weighted by Gasteiger charge is 2.25. The Morgan fingerprint density at radius 3 is 2.70 bits per heavy atom. The van der Waals surface area contributed by atoms with Gasteiger partial charge < -0.3 is 9.88 Å². The summed E-state index contributed by atoms with van der Waals surface area (Å²) in [5.41, 5.74) is 1.62. The molecular formula is C23H20ClN5O3S. The van der Waals surface area contributed by atoms with Crippen LogP contribution in [-0.2, 0) is 6.54 Å². The van der Waals surface area contributed by atoms with Crippen molar-refractivity contribution in [1.82, 2.24) is 14.9 Å². The summed E-state index contributed by atoms with van der Waals surface area (Å²) in [6, 6.07) is 15.1. The van der Waals surface area contributed by atoms with E-state index in [2.05, 4.69) is 33.1 Å². The highest BCUT2D eigenvalue weighted by atomic mass is 35.5. The number of benzene rings is 2. The molecule has 8 nitrogen and oxygen atoms in total. The molecule has 1 aliphatic heterocycles. The van der Waals surface area contributed by atoms with Gasteiger partial charge in [0.15, 0.2) is 0 Å². The number of aromatic nitrogens is 2. The number of thiophene rings is 1. The van der Waals surface area contributed by atoms with Crippen molar-refractivity contribution in [2.45, 2.75) is 6.54 Å². The Balaban J connectivity index is 1.30. The smallest absolute Gasteiger partial charge is 0.293 e. The van der Waals surface area contributed by atoms with Crippen LogP contribution in [0, 0.1) is 10.1 Å². The van der Waals surface area contributed by atoms with Crippen molar-refractivity contribution in [2.24, 2.45) is 0 Å². The van der Waals surface area contributed by atoms with Crippen LogP contribution < -0.4 is 10.5 Å². The molecule has 2 aromatic carbocycles. The summed E-state index contributed by atoms with van der Waals surface area (Å²) in [6.45, 7) is 3.70. The van der Waals surface area contributed by atoms with Gasteiger partial charge in [0.05, 0.1) is 22.2 Å². The molecule has 4 aromatic rings. The van der Waals surface area contributed by atoms with E-state index in [0.29, 0.717) is 24.3 Å². The number of aromatic amines is 1. The molecule has 0 spiro atoms. The van der Waals surface area contributed by atoms with Crippen molar-refractivity contribution in [2.75, 3.05) is 31.1 Å². The molecule has 33 heavy (non-hydrogen) atoms. The minimum atomic E-state index is -0.434. The van der Waals surface area contributed by atoms with E-state index in [-0.39, 0.29) is 16.6 Å². The number of nitro benzene ring substituents is 1. The lowest BCUT2D eigenvalue weighted by atomic mass is 10.1. The Morgan fingerprint density at radius 1 is 1.12 bits per heavy atom. The third kappa shape index (κ3) is 4.47. The molecule has 1 fully saturated rings. The van der Waals surface area contributed by atoms with Gasteiger partial charge in [-0.25, -0.2) is 4.98 Å². The van der Waals surface area contributed by atoms with Crippen LogP contribution in [-0.4, -0.2) is 46.0 Å². The molecule has 0 radical (unpaired) electrons. The van der Waals surface area contributed by atoms with Crippen LogP contribution in [0.15, 0.2) is 59.7 Å². The maximum Gasteiger partial charge on any atom is 0.293 e. The molecule has 1 saturated heterocycles. The third-order valence-corrected chi connectivity index (χ3v) is 7.15. The Bertz CT molecular complexity index is 1390. The molecule has 168 valence electrons. The van der Waals surface area contributed by atoms with E-state index in [1.165, 1.54) is 22.1 Å². The lowest BCUT2D eigenvalue weighted by Crippen LogP contribution is -2.46. The highest BCUT2D eigenvalue weighted by Crippen LogP contribution is 2.33. The number of halogens is 1. The van der Waals surface area contributed by atoms with Gasteiger partial charge in [-0.1, -0.05) is 23.7 Å². The molecular weight excluding hydrogens is 462 g/mol.